The Labute approximate surface area is 195 Å². The monoisotopic (exact) mass is 457 g/mol. The number of aliphatic hydroxyl groups excluding tert-OH is 1. The molecule has 1 aromatic rings. The fourth-order valence-electron chi connectivity index (χ4n) is 5.96. The number of hydrogen-bond donors (Lipinski definition) is 3. The predicted octanol–water partition coefficient (Wildman–Crippen LogP) is 2.08. The van der Waals surface area contributed by atoms with Crippen molar-refractivity contribution in [2.75, 3.05) is 18.5 Å². The van der Waals surface area contributed by atoms with Crippen molar-refractivity contribution in [2.24, 2.45) is 11.8 Å². The number of unbranched alkanes of at least 4 members (excludes halogenated alkanes) is 1. The molecule has 3 heterocycles. The van der Waals surface area contributed by atoms with Crippen molar-refractivity contribution in [2.45, 2.75) is 76.2 Å². The quantitative estimate of drug-likeness (QED) is 0.466. The molecule has 3 aliphatic heterocycles. The Morgan fingerprint density at radius 1 is 1.24 bits per heavy atom. The van der Waals surface area contributed by atoms with Crippen LogP contribution in [0, 0.1) is 11.8 Å². The third-order valence-electron chi connectivity index (χ3n) is 7.31. The average molecular weight is 458 g/mol. The van der Waals surface area contributed by atoms with Crippen molar-refractivity contribution in [3.8, 4) is 0 Å². The van der Waals surface area contributed by atoms with E-state index in [4.69, 9.17) is 4.74 Å². The molecule has 0 saturated carbocycles. The van der Waals surface area contributed by atoms with Gasteiger partial charge in [-0.25, -0.2) is 0 Å². The maximum absolute atomic E-state index is 13.7. The molecule has 4 rings (SSSR count). The fourth-order valence-corrected chi connectivity index (χ4v) is 5.96. The number of carbonyl (C=O) groups excluding carboxylic acids is 3. The zero-order valence-electron chi connectivity index (χ0n) is 19.5. The Morgan fingerprint density at radius 2 is 2.00 bits per heavy atom. The highest BCUT2D eigenvalue weighted by Crippen LogP contribution is 2.58. The average Bonchev–Trinajstić information content (AvgIpc) is 3.42. The maximum Gasteiger partial charge on any atom is 0.246 e. The second-order valence-electron chi connectivity index (χ2n) is 9.57. The summed E-state index contributed by atoms with van der Waals surface area (Å²) in [6.07, 6.45) is 3.78. The van der Waals surface area contributed by atoms with Crippen LogP contribution in [0.15, 0.2) is 30.3 Å². The summed E-state index contributed by atoms with van der Waals surface area (Å²) in [5.74, 6) is -1.93. The van der Waals surface area contributed by atoms with Crippen LogP contribution in [0.4, 0.5) is 5.69 Å². The molecular weight excluding hydrogens is 422 g/mol. The van der Waals surface area contributed by atoms with E-state index in [9.17, 15) is 19.5 Å². The molecule has 180 valence electrons. The number of amides is 3. The molecule has 8 heteroatoms. The Morgan fingerprint density at radius 3 is 2.70 bits per heavy atom. The van der Waals surface area contributed by atoms with E-state index in [-0.39, 0.29) is 36.5 Å². The van der Waals surface area contributed by atoms with Gasteiger partial charge in [0.2, 0.25) is 17.7 Å². The lowest BCUT2D eigenvalue weighted by Crippen LogP contribution is -2.56. The smallest absolute Gasteiger partial charge is 0.246 e. The summed E-state index contributed by atoms with van der Waals surface area (Å²) in [6, 6.07) is 8.41. The van der Waals surface area contributed by atoms with Crippen LogP contribution in [-0.2, 0) is 19.1 Å². The molecule has 3 N–H and O–H groups in total. The third-order valence-corrected chi connectivity index (χ3v) is 7.31. The Hall–Kier alpha value is -2.45. The number of hydrogen-bond acceptors (Lipinski definition) is 5. The first-order chi connectivity index (χ1) is 15.9. The number of likely N-dealkylation sites (tertiary alicyclic amines) is 1. The Bertz CT molecular complexity index is 878. The molecule has 3 aliphatic rings. The van der Waals surface area contributed by atoms with Gasteiger partial charge in [-0.1, -0.05) is 31.5 Å². The molecule has 0 radical (unpaired) electrons. The number of fused-ring (bicyclic) bond motifs is 1. The molecule has 3 saturated heterocycles. The van der Waals surface area contributed by atoms with Gasteiger partial charge in [-0.05, 0) is 51.2 Å². The first-order valence-corrected chi connectivity index (χ1v) is 12.2. The lowest BCUT2D eigenvalue weighted by molar-refractivity contribution is -0.141. The van der Waals surface area contributed by atoms with Crippen molar-refractivity contribution in [3.63, 3.8) is 0 Å². The van der Waals surface area contributed by atoms with Crippen LogP contribution >= 0.6 is 0 Å². The topological polar surface area (TPSA) is 108 Å². The highest BCUT2D eigenvalue weighted by Gasteiger charge is 2.74. The van der Waals surface area contributed by atoms with Crippen molar-refractivity contribution >= 4 is 23.4 Å². The molecule has 0 aliphatic carbocycles. The Kier molecular flexibility index (Phi) is 7.05. The van der Waals surface area contributed by atoms with Crippen LogP contribution in [0.3, 0.4) is 0 Å². The van der Waals surface area contributed by atoms with Crippen LogP contribution in [-0.4, -0.2) is 64.7 Å². The normalized spacial score (nSPS) is 30.9. The van der Waals surface area contributed by atoms with Gasteiger partial charge < -0.3 is 25.4 Å². The van der Waals surface area contributed by atoms with Crippen molar-refractivity contribution in [1.82, 2.24) is 10.2 Å². The van der Waals surface area contributed by atoms with Gasteiger partial charge in [-0.15, -0.1) is 0 Å². The van der Waals surface area contributed by atoms with Gasteiger partial charge in [-0.3, -0.25) is 14.4 Å². The lowest BCUT2D eigenvalue weighted by Gasteiger charge is -2.34. The summed E-state index contributed by atoms with van der Waals surface area (Å²) in [4.78, 5) is 42.1. The molecule has 8 nitrogen and oxygen atoms in total. The number of benzene rings is 1. The minimum Gasteiger partial charge on any atom is -0.396 e. The van der Waals surface area contributed by atoms with E-state index in [2.05, 4.69) is 17.6 Å². The number of rotatable bonds is 10. The van der Waals surface area contributed by atoms with Crippen molar-refractivity contribution in [3.05, 3.63) is 30.3 Å². The zero-order valence-corrected chi connectivity index (χ0v) is 19.5. The number of para-hydroxylation sites is 1. The zero-order chi connectivity index (χ0) is 23.6. The minimum atomic E-state index is -0.977. The van der Waals surface area contributed by atoms with Gasteiger partial charge in [0.05, 0.1) is 17.9 Å². The summed E-state index contributed by atoms with van der Waals surface area (Å²) in [5.41, 5.74) is -0.303. The molecule has 3 unspecified atom stereocenters. The van der Waals surface area contributed by atoms with Crippen LogP contribution in [0.2, 0.25) is 0 Å². The van der Waals surface area contributed by atoms with E-state index < -0.39 is 23.5 Å². The summed E-state index contributed by atoms with van der Waals surface area (Å²) >= 11 is 0. The molecule has 1 spiro atoms. The molecular formula is C25H35N3O5. The summed E-state index contributed by atoms with van der Waals surface area (Å²) in [6.45, 7) is 4.42. The standard InChI is InChI=1S/C25H35N3O5/c1-3-9-16(2)26-23(31)21-25-13-12-18(33-25)19(22(30)27-17-10-5-4-6-11-17)20(25)24(32)28(21)14-7-8-15-29/h4-6,10-11,16,18-21,29H,3,7-9,12-15H2,1-2H3,(H,26,31)(H,27,30)/t16?,18-,19+,20-,21?,25?/m0/s1. The van der Waals surface area contributed by atoms with Crippen molar-refractivity contribution < 1.29 is 24.2 Å². The van der Waals surface area contributed by atoms with E-state index in [0.29, 0.717) is 37.9 Å². The van der Waals surface area contributed by atoms with E-state index in [0.717, 1.165) is 12.8 Å². The van der Waals surface area contributed by atoms with E-state index >= 15 is 0 Å². The molecule has 0 aromatic heterocycles. The van der Waals surface area contributed by atoms with Crippen LogP contribution < -0.4 is 10.6 Å². The third kappa shape index (κ3) is 4.26. The summed E-state index contributed by atoms with van der Waals surface area (Å²) in [7, 11) is 0. The van der Waals surface area contributed by atoms with Gasteiger partial charge in [-0.2, -0.15) is 0 Å². The largest absolute Gasteiger partial charge is 0.396 e. The first-order valence-electron chi connectivity index (χ1n) is 12.2. The van der Waals surface area contributed by atoms with E-state index in [1.807, 2.05) is 37.3 Å². The van der Waals surface area contributed by atoms with E-state index in [1.54, 1.807) is 4.90 Å². The van der Waals surface area contributed by atoms with Crippen LogP contribution in [0.1, 0.15) is 52.4 Å². The van der Waals surface area contributed by atoms with Gasteiger partial charge in [0, 0.05) is 24.9 Å². The molecule has 33 heavy (non-hydrogen) atoms. The lowest BCUT2D eigenvalue weighted by atomic mass is 9.70. The van der Waals surface area contributed by atoms with Crippen LogP contribution in [0.25, 0.3) is 0 Å². The molecule has 2 bridgehead atoms. The number of aliphatic hydroxyl groups is 1. The number of anilines is 1. The minimum absolute atomic E-state index is 0.0110. The Balaban J connectivity index is 1.61. The van der Waals surface area contributed by atoms with Crippen LogP contribution in [0.5, 0.6) is 0 Å². The molecule has 6 atom stereocenters. The second kappa shape index (κ2) is 9.81. The predicted molar refractivity (Wildman–Crippen MR) is 123 cm³/mol. The van der Waals surface area contributed by atoms with Gasteiger partial charge >= 0.3 is 0 Å². The molecule has 3 fully saturated rings. The highest BCUT2D eigenvalue weighted by atomic mass is 16.5. The van der Waals surface area contributed by atoms with Gasteiger partial charge in [0.15, 0.2) is 0 Å². The highest BCUT2D eigenvalue weighted by molar-refractivity contribution is 6.02. The maximum atomic E-state index is 13.7. The number of nitrogens with zero attached hydrogens (tertiary/aromatic N) is 1. The molecule has 1 aromatic carbocycles. The SMILES string of the molecule is CCCC(C)NC(=O)C1N(CCCCO)C(=O)[C@@H]2[C@H](C(=O)Nc3ccccc3)[C@@H]3CCC12O3. The molecule has 3 amide bonds. The number of nitrogens with one attached hydrogen (secondary N) is 2. The van der Waals surface area contributed by atoms with E-state index in [1.165, 1.54) is 0 Å². The number of ether oxygens (including phenoxy) is 1. The fraction of sp³-hybridized carbons (Fsp3) is 0.640. The number of carbonyl (C=O) groups is 3. The van der Waals surface area contributed by atoms with Gasteiger partial charge in [0.25, 0.3) is 0 Å². The second-order valence-corrected chi connectivity index (χ2v) is 9.57. The van der Waals surface area contributed by atoms with Gasteiger partial charge in [0.1, 0.15) is 11.6 Å². The van der Waals surface area contributed by atoms with Crippen molar-refractivity contribution in [1.29, 1.82) is 0 Å². The first kappa shape index (κ1) is 23.7. The summed E-state index contributed by atoms with van der Waals surface area (Å²) in [5, 5.41) is 15.2. The summed E-state index contributed by atoms with van der Waals surface area (Å²) < 4.78 is 6.40.